The molecule has 0 unspecified atom stereocenters. The van der Waals surface area contributed by atoms with Gasteiger partial charge in [-0.05, 0) is 49.2 Å². The highest BCUT2D eigenvalue weighted by Crippen LogP contribution is 2.14. The van der Waals surface area contributed by atoms with E-state index in [2.05, 4.69) is 28.0 Å². The lowest BCUT2D eigenvalue weighted by molar-refractivity contribution is 0.0514. The second kappa shape index (κ2) is 10.7. The number of ketones is 1. The molecule has 0 radical (unpaired) electrons. The van der Waals surface area contributed by atoms with Crippen LogP contribution in [0, 0.1) is 0 Å². The molecule has 0 N–H and O–H groups in total. The van der Waals surface area contributed by atoms with Gasteiger partial charge in [-0.15, -0.1) is 0 Å². The Morgan fingerprint density at radius 2 is 1.62 bits per heavy atom. The molecule has 0 bridgehead atoms. The zero-order valence-electron chi connectivity index (χ0n) is 14.8. The van der Waals surface area contributed by atoms with E-state index < -0.39 is 5.97 Å². The second-order valence-electron chi connectivity index (χ2n) is 5.93. The Kier molecular flexibility index (Phi) is 8.22. The van der Waals surface area contributed by atoms with E-state index in [0.29, 0.717) is 17.5 Å². The zero-order valence-corrected chi connectivity index (χ0v) is 16.4. The van der Waals surface area contributed by atoms with Gasteiger partial charge in [-0.3, -0.25) is 4.79 Å². The van der Waals surface area contributed by atoms with Crippen molar-refractivity contribution in [2.75, 3.05) is 0 Å². The molecule has 2 aromatic carbocycles. The lowest BCUT2D eigenvalue weighted by Gasteiger charge is -2.06. The van der Waals surface area contributed by atoms with Gasteiger partial charge < -0.3 is 4.84 Å². The van der Waals surface area contributed by atoms with Crippen LogP contribution in [0.4, 0.5) is 0 Å². The van der Waals surface area contributed by atoms with Gasteiger partial charge in [-0.2, -0.15) is 0 Å². The Balaban J connectivity index is 2.12. The van der Waals surface area contributed by atoms with Gasteiger partial charge in [0.25, 0.3) is 0 Å². The van der Waals surface area contributed by atoms with E-state index in [1.807, 2.05) is 6.07 Å². The highest BCUT2D eigenvalue weighted by molar-refractivity contribution is 9.10. The van der Waals surface area contributed by atoms with Crippen LogP contribution in [0.15, 0.2) is 64.2 Å². The summed E-state index contributed by atoms with van der Waals surface area (Å²) in [5.74, 6) is -0.782. The first-order chi connectivity index (χ1) is 12.6. The smallest absolute Gasteiger partial charge is 0.312 e. The highest BCUT2D eigenvalue weighted by Gasteiger charge is 2.16. The number of unbranched alkanes of at least 4 members (excludes halogenated alkanes) is 3. The third-order valence-corrected chi connectivity index (χ3v) is 4.41. The summed E-state index contributed by atoms with van der Waals surface area (Å²) in [7, 11) is 0. The number of carbonyl (C=O) groups excluding carboxylic acids is 2. The van der Waals surface area contributed by atoms with Gasteiger partial charge >= 0.3 is 5.97 Å². The number of nitrogens with zero attached hydrogens (tertiary/aromatic N) is 1. The quantitative estimate of drug-likeness (QED) is 0.170. The van der Waals surface area contributed by atoms with Crippen molar-refractivity contribution in [1.29, 1.82) is 0 Å². The Morgan fingerprint density at radius 3 is 2.27 bits per heavy atom. The summed E-state index contributed by atoms with van der Waals surface area (Å²) < 4.78 is 0.894. The molecule has 0 saturated heterocycles. The van der Waals surface area contributed by atoms with Gasteiger partial charge in [0.1, 0.15) is 5.71 Å². The van der Waals surface area contributed by atoms with Crippen molar-refractivity contribution in [3.05, 3.63) is 70.2 Å². The minimum absolute atomic E-state index is 0.213. The van der Waals surface area contributed by atoms with Crippen LogP contribution in [0.3, 0.4) is 0 Å². The van der Waals surface area contributed by atoms with Gasteiger partial charge in [0, 0.05) is 10.0 Å². The molecule has 0 aliphatic carbocycles. The van der Waals surface area contributed by atoms with Crippen LogP contribution < -0.4 is 0 Å². The molecule has 136 valence electrons. The van der Waals surface area contributed by atoms with E-state index in [-0.39, 0.29) is 11.5 Å². The normalized spacial score (nSPS) is 11.2. The maximum Gasteiger partial charge on any atom is 0.365 e. The first-order valence-electron chi connectivity index (χ1n) is 8.75. The Bertz CT molecular complexity index is 755. The molecule has 0 atom stereocenters. The van der Waals surface area contributed by atoms with Gasteiger partial charge in [0.2, 0.25) is 5.78 Å². The summed E-state index contributed by atoms with van der Waals surface area (Å²) in [5.41, 5.74) is 1.20. The van der Waals surface area contributed by atoms with Crippen LogP contribution in [0.2, 0.25) is 0 Å². The first kappa shape index (κ1) is 20.0. The molecule has 0 amide bonds. The Morgan fingerprint density at radius 1 is 0.923 bits per heavy atom. The Hall–Kier alpha value is -2.27. The summed E-state index contributed by atoms with van der Waals surface area (Å²) in [6, 6.07) is 15.7. The number of Topliss-reactive ketones (excluding diaryl/α,β-unsaturated/α-hetero) is 1. The van der Waals surface area contributed by atoms with Gasteiger partial charge in [-0.25, -0.2) is 4.79 Å². The molecule has 2 aromatic rings. The number of oxime groups is 1. The van der Waals surface area contributed by atoms with Crippen LogP contribution >= 0.6 is 15.9 Å². The molecule has 0 aromatic heterocycles. The molecule has 4 nitrogen and oxygen atoms in total. The molecule has 0 aliphatic heterocycles. The standard InChI is InChI=1S/C21H22BrNO3/c1-2-3-4-8-11-19(20(24)16-12-14-18(22)15-13-16)23-26-21(25)17-9-6-5-7-10-17/h5-7,9-10,12-15H,2-4,8,11H2,1H3/b23-19+. The SMILES string of the molecule is CCCCCC/C(=N\OC(=O)c1ccccc1)C(=O)c1ccc(Br)cc1. The summed E-state index contributed by atoms with van der Waals surface area (Å²) in [5, 5.41) is 3.90. The van der Waals surface area contributed by atoms with Crippen molar-refractivity contribution in [3.8, 4) is 0 Å². The molecular weight excluding hydrogens is 394 g/mol. The van der Waals surface area contributed by atoms with E-state index >= 15 is 0 Å². The molecule has 0 spiro atoms. The third-order valence-electron chi connectivity index (χ3n) is 3.88. The Labute approximate surface area is 162 Å². The number of benzene rings is 2. The average molecular weight is 416 g/mol. The van der Waals surface area contributed by atoms with E-state index in [1.54, 1.807) is 48.5 Å². The number of hydrogen-bond acceptors (Lipinski definition) is 4. The zero-order chi connectivity index (χ0) is 18.8. The molecule has 26 heavy (non-hydrogen) atoms. The minimum Gasteiger partial charge on any atom is -0.312 e. The molecule has 0 saturated carbocycles. The number of carbonyl (C=O) groups is 2. The van der Waals surface area contributed by atoms with Crippen LogP contribution in [0.1, 0.15) is 59.7 Å². The summed E-state index contributed by atoms with van der Waals surface area (Å²) >= 11 is 3.36. The van der Waals surface area contributed by atoms with Crippen molar-refractivity contribution in [1.82, 2.24) is 0 Å². The predicted octanol–water partition coefficient (Wildman–Crippen LogP) is 5.82. The van der Waals surface area contributed by atoms with Gasteiger partial charge in [-0.1, -0.05) is 65.5 Å². The maximum absolute atomic E-state index is 12.7. The molecule has 0 fully saturated rings. The summed E-state index contributed by atoms with van der Waals surface area (Å²) in [4.78, 5) is 29.8. The van der Waals surface area contributed by atoms with Crippen molar-refractivity contribution in [3.63, 3.8) is 0 Å². The molecular formula is C21H22BrNO3. The summed E-state index contributed by atoms with van der Waals surface area (Å²) in [6.45, 7) is 2.13. The van der Waals surface area contributed by atoms with E-state index in [9.17, 15) is 9.59 Å². The lowest BCUT2D eigenvalue weighted by atomic mass is 10.0. The second-order valence-corrected chi connectivity index (χ2v) is 6.85. The van der Waals surface area contributed by atoms with Crippen molar-refractivity contribution in [2.45, 2.75) is 39.0 Å². The third kappa shape index (κ3) is 6.23. The predicted molar refractivity (Wildman–Crippen MR) is 107 cm³/mol. The number of rotatable bonds is 9. The molecule has 2 rings (SSSR count). The molecule has 5 heteroatoms. The van der Waals surface area contributed by atoms with E-state index in [0.717, 1.165) is 30.2 Å². The fourth-order valence-electron chi connectivity index (χ4n) is 2.41. The average Bonchev–Trinajstić information content (AvgIpc) is 2.68. The fraction of sp³-hybridized carbons (Fsp3) is 0.286. The monoisotopic (exact) mass is 415 g/mol. The van der Waals surface area contributed by atoms with E-state index in [1.165, 1.54) is 0 Å². The molecule has 0 heterocycles. The topological polar surface area (TPSA) is 55.7 Å². The minimum atomic E-state index is -0.569. The highest BCUT2D eigenvalue weighted by atomic mass is 79.9. The van der Waals surface area contributed by atoms with Crippen LogP contribution in [0.5, 0.6) is 0 Å². The number of hydrogen-bond donors (Lipinski definition) is 0. The van der Waals surface area contributed by atoms with E-state index in [4.69, 9.17) is 4.84 Å². The maximum atomic E-state index is 12.7. The fourth-order valence-corrected chi connectivity index (χ4v) is 2.68. The van der Waals surface area contributed by atoms with Crippen molar-refractivity contribution in [2.24, 2.45) is 5.16 Å². The lowest BCUT2D eigenvalue weighted by Crippen LogP contribution is -2.16. The van der Waals surface area contributed by atoms with Crippen LogP contribution in [-0.4, -0.2) is 17.5 Å². The van der Waals surface area contributed by atoms with Crippen LogP contribution in [0.25, 0.3) is 0 Å². The largest absolute Gasteiger partial charge is 0.365 e. The first-order valence-corrected chi connectivity index (χ1v) is 9.54. The molecule has 0 aliphatic rings. The van der Waals surface area contributed by atoms with Gasteiger partial charge in [0.15, 0.2) is 0 Å². The number of halogens is 1. The van der Waals surface area contributed by atoms with Crippen molar-refractivity contribution < 1.29 is 14.4 Å². The van der Waals surface area contributed by atoms with Crippen LogP contribution in [-0.2, 0) is 4.84 Å². The van der Waals surface area contributed by atoms with Gasteiger partial charge in [0.05, 0.1) is 5.56 Å². The summed E-state index contributed by atoms with van der Waals surface area (Å²) in [6.07, 6.45) is 4.53. The van der Waals surface area contributed by atoms with Crippen molar-refractivity contribution >= 4 is 33.4 Å².